The fourth-order valence-electron chi connectivity index (χ4n) is 0.696. The predicted octanol–water partition coefficient (Wildman–Crippen LogP) is 3.42. The van der Waals surface area contributed by atoms with E-state index in [0.717, 1.165) is 0 Å². The number of hydrogen-bond acceptors (Lipinski definition) is 0. The Morgan fingerprint density at radius 3 is 1.36 bits per heavy atom. The maximum atomic E-state index is 12.4. The van der Waals surface area contributed by atoms with Crippen molar-refractivity contribution in [3.63, 3.8) is 0 Å². The van der Waals surface area contributed by atoms with E-state index in [1.807, 2.05) is 0 Å². The van der Waals surface area contributed by atoms with Crippen LogP contribution in [0.4, 0.5) is 35.1 Å². The summed E-state index contributed by atoms with van der Waals surface area (Å²) in [5.74, 6) is -14.3. The molecule has 0 saturated heterocycles. The van der Waals surface area contributed by atoms with E-state index in [4.69, 9.17) is 0 Å². The van der Waals surface area contributed by atoms with E-state index in [1.54, 1.807) is 0 Å². The lowest BCUT2D eigenvalue weighted by Gasteiger charge is -2.30. The van der Waals surface area contributed by atoms with E-state index in [-0.39, 0.29) is 6.92 Å². The normalized spacial score (nSPS) is 16.9. The minimum Gasteiger partial charge on any atom is -0.250 e. The van der Waals surface area contributed by atoms with Gasteiger partial charge in [0.05, 0.1) is 0 Å². The van der Waals surface area contributed by atoms with Crippen molar-refractivity contribution in [3.8, 4) is 0 Å². The van der Waals surface area contributed by atoms with Gasteiger partial charge in [-0.05, 0) is 0 Å². The van der Waals surface area contributed by atoms with Crippen molar-refractivity contribution < 1.29 is 35.1 Å². The van der Waals surface area contributed by atoms with Gasteiger partial charge in [0.15, 0.2) is 5.92 Å². The van der Waals surface area contributed by atoms with Crippen LogP contribution in [0, 0.1) is 5.92 Å². The molecule has 0 N–H and O–H groups in total. The van der Waals surface area contributed by atoms with Gasteiger partial charge in [0, 0.05) is 6.92 Å². The summed E-state index contributed by atoms with van der Waals surface area (Å²) in [6.45, 7) is -2.97. The van der Waals surface area contributed by atoms with Gasteiger partial charge >= 0.3 is 18.0 Å². The zero-order valence-corrected chi connectivity index (χ0v) is 6.81. The van der Waals surface area contributed by atoms with Crippen molar-refractivity contribution >= 4 is 0 Å². The van der Waals surface area contributed by atoms with Gasteiger partial charge in [0.1, 0.15) is 6.67 Å². The first-order chi connectivity index (χ1) is 5.94. The van der Waals surface area contributed by atoms with E-state index in [2.05, 4.69) is 0 Å². The van der Waals surface area contributed by atoms with Gasteiger partial charge in [-0.2, -0.15) is 22.0 Å². The highest BCUT2D eigenvalue weighted by Crippen LogP contribution is 2.46. The van der Waals surface area contributed by atoms with Gasteiger partial charge < -0.3 is 0 Å². The largest absolute Gasteiger partial charge is 0.400 e. The van der Waals surface area contributed by atoms with Crippen molar-refractivity contribution in [2.45, 2.75) is 24.9 Å². The zero-order chi connectivity index (χ0) is 11.8. The molecule has 14 heavy (non-hydrogen) atoms. The maximum absolute atomic E-state index is 12.4. The van der Waals surface area contributed by atoms with Gasteiger partial charge in [0.2, 0.25) is 0 Å². The van der Waals surface area contributed by atoms with Crippen LogP contribution in [0.15, 0.2) is 0 Å². The SMILES string of the molecule is CC(F)(F)C(F)(F)C(CF)C(F)(F)F. The zero-order valence-electron chi connectivity index (χ0n) is 6.81. The quantitative estimate of drug-likeness (QED) is 0.651. The third-order valence-corrected chi connectivity index (χ3v) is 1.57. The molecule has 0 saturated carbocycles. The van der Waals surface area contributed by atoms with Crippen molar-refractivity contribution in [2.24, 2.45) is 5.92 Å². The van der Waals surface area contributed by atoms with Crippen molar-refractivity contribution in [3.05, 3.63) is 0 Å². The lowest BCUT2D eigenvalue weighted by molar-refractivity contribution is -0.302. The van der Waals surface area contributed by atoms with Crippen LogP contribution >= 0.6 is 0 Å². The second kappa shape index (κ2) is 3.54. The molecular weight excluding hydrogens is 224 g/mol. The molecule has 0 nitrogen and oxygen atoms in total. The Morgan fingerprint density at radius 1 is 0.929 bits per heavy atom. The fourth-order valence-corrected chi connectivity index (χ4v) is 0.696. The molecule has 0 aliphatic rings. The molecule has 0 heterocycles. The number of alkyl halides is 8. The Balaban J connectivity index is 5.04. The molecule has 0 rings (SSSR count). The van der Waals surface area contributed by atoms with E-state index in [9.17, 15) is 35.1 Å². The lowest BCUT2D eigenvalue weighted by Crippen LogP contribution is -2.51. The van der Waals surface area contributed by atoms with Gasteiger partial charge in [-0.15, -0.1) is 0 Å². The highest BCUT2D eigenvalue weighted by molar-refractivity contribution is 4.91. The Morgan fingerprint density at radius 2 is 1.29 bits per heavy atom. The van der Waals surface area contributed by atoms with Crippen LogP contribution in [-0.4, -0.2) is 24.7 Å². The molecule has 0 fully saturated rings. The van der Waals surface area contributed by atoms with E-state index >= 15 is 0 Å². The van der Waals surface area contributed by atoms with Crippen LogP contribution in [-0.2, 0) is 0 Å². The van der Waals surface area contributed by atoms with Crippen LogP contribution in [0.1, 0.15) is 6.92 Å². The minimum absolute atomic E-state index is 0.387. The summed E-state index contributed by atoms with van der Waals surface area (Å²) in [4.78, 5) is 0. The highest BCUT2D eigenvalue weighted by atomic mass is 19.4. The molecule has 0 spiro atoms. The summed E-state index contributed by atoms with van der Waals surface area (Å²) in [6, 6.07) is 0. The van der Waals surface area contributed by atoms with Gasteiger partial charge in [-0.3, -0.25) is 4.39 Å². The van der Waals surface area contributed by atoms with Crippen LogP contribution < -0.4 is 0 Å². The Kier molecular flexibility index (Phi) is 3.40. The van der Waals surface area contributed by atoms with E-state index < -0.39 is 30.6 Å². The average Bonchev–Trinajstić information content (AvgIpc) is 1.80. The molecule has 0 bridgehead atoms. The third-order valence-electron chi connectivity index (χ3n) is 1.57. The summed E-state index contributed by atoms with van der Waals surface area (Å²) >= 11 is 0. The molecule has 0 radical (unpaired) electrons. The molecule has 0 aromatic carbocycles. The number of halogens is 8. The maximum Gasteiger partial charge on any atom is 0.400 e. The van der Waals surface area contributed by atoms with E-state index in [1.165, 1.54) is 0 Å². The van der Waals surface area contributed by atoms with Crippen LogP contribution in [0.25, 0.3) is 0 Å². The van der Waals surface area contributed by atoms with Gasteiger partial charge in [0.25, 0.3) is 0 Å². The molecule has 0 aliphatic carbocycles. The highest BCUT2D eigenvalue weighted by Gasteiger charge is 2.66. The summed E-state index contributed by atoms with van der Waals surface area (Å²) < 4.78 is 95.6. The standard InChI is InChI=1S/C6H6F8/c1-4(8,9)5(10,11)3(2-7)6(12,13)14/h3H,2H2,1H3. The molecule has 1 unspecified atom stereocenters. The molecule has 0 aromatic heterocycles. The summed E-state index contributed by atoms with van der Waals surface area (Å²) in [5.41, 5.74) is 0. The Hall–Kier alpha value is -0.560. The molecule has 86 valence electrons. The van der Waals surface area contributed by atoms with Gasteiger partial charge in [-0.25, -0.2) is 8.78 Å². The van der Waals surface area contributed by atoms with Crippen molar-refractivity contribution in [1.29, 1.82) is 0 Å². The van der Waals surface area contributed by atoms with Crippen molar-refractivity contribution in [2.75, 3.05) is 6.67 Å². The van der Waals surface area contributed by atoms with Gasteiger partial charge in [-0.1, -0.05) is 0 Å². The molecule has 0 amide bonds. The molecular formula is C6H6F8. The fraction of sp³-hybridized carbons (Fsp3) is 1.00. The van der Waals surface area contributed by atoms with E-state index in [0.29, 0.717) is 0 Å². The average molecular weight is 230 g/mol. The first-order valence-corrected chi connectivity index (χ1v) is 3.33. The minimum atomic E-state index is -5.70. The lowest BCUT2D eigenvalue weighted by atomic mass is 9.97. The van der Waals surface area contributed by atoms with Crippen LogP contribution in [0.3, 0.4) is 0 Å². The molecule has 8 heteroatoms. The molecule has 0 aliphatic heterocycles. The first-order valence-electron chi connectivity index (χ1n) is 3.33. The number of rotatable bonds is 3. The second-order valence-corrected chi connectivity index (χ2v) is 2.76. The molecule has 0 aromatic rings. The number of hydrogen-bond donors (Lipinski definition) is 0. The second-order valence-electron chi connectivity index (χ2n) is 2.76. The summed E-state index contributed by atoms with van der Waals surface area (Å²) in [5, 5.41) is 0. The first kappa shape index (κ1) is 13.4. The summed E-state index contributed by atoms with van der Waals surface area (Å²) in [7, 11) is 0. The monoisotopic (exact) mass is 230 g/mol. The van der Waals surface area contributed by atoms with Crippen LogP contribution in [0.2, 0.25) is 0 Å². The predicted molar refractivity (Wildman–Crippen MR) is 31.1 cm³/mol. The summed E-state index contributed by atoms with van der Waals surface area (Å²) in [6.07, 6.45) is -5.70. The topological polar surface area (TPSA) is 0 Å². The van der Waals surface area contributed by atoms with Crippen molar-refractivity contribution in [1.82, 2.24) is 0 Å². The van der Waals surface area contributed by atoms with Crippen LogP contribution in [0.5, 0.6) is 0 Å². The molecule has 1 atom stereocenters. The third kappa shape index (κ3) is 2.48. The Bertz CT molecular complexity index is 187. The Labute approximate surface area is 73.9 Å². The smallest absolute Gasteiger partial charge is 0.250 e.